The van der Waals surface area contributed by atoms with Crippen LogP contribution in [-0.4, -0.2) is 68.1 Å². The monoisotopic (exact) mass is 349 g/mol. The zero-order valence-corrected chi connectivity index (χ0v) is 16.3. The summed E-state index contributed by atoms with van der Waals surface area (Å²) in [5, 5.41) is 6.90. The smallest absolute Gasteiger partial charge is 0.191 e. The highest BCUT2D eigenvalue weighted by molar-refractivity contribution is 5.79. The molecule has 1 aliphatic heterocycles. The average molecular weight is 350 g/mol. The molecule has 2 heterocycles. The number of guanidine groups is 1. The summed E-state index contributed by atoms with van der Waals surface area (Å²) in [6.45, 7) is 12.7. The summed E-state index contributed by atoms with van der Waals surface area (Å²) in [4.78, 5) is 9.30. The molecule has 1 aromatic rings. The van der Waals surface area contributed by atoms with E-state index in [4.69, 9.17) is 4.42 Å². The number of nitrogens with one attached hydrogen (secondary N) is 2. The van der Waals surface area contributed by atoms with E-state index in [1.165, 1.54) is 12.8 Å². The zero-order chi connectivity index (χ0) is 18.1. The maximum atomic E-state index is 5.68. The Bertz CT molecular complexity index is 494. The number of aliphatic imine (C=N–C) groups is 1. The van der Waals surface area contributed by atoms with Gasteiger partial charge in [0.15, 0.2) is 5.96 Å². The topological polar surface area (TPSA) is 56.0 Å². The molecule has 1 aliphatic rings. The van der Waals surface area contributed by atoms with E-state index < -0.39 is 0 Å². The first kappa shape index (κ1) is 19.8. The molecule has 0 saturated carbocycles. The lowest BCUT2D eigenvalue weighted by Crippen LogP contribution is -2.45. The van der Waals surface area contributed by atoms with Crippen LogP contribution in [0.1, 0.15) is 45.4 Å². The van der Waals surface area contributed by atoms with Crippen LogP contribution < -0.4 is 10.6 Å². The van der Waals surface area contributed by atoms with Crippen molar-refractivity contribution in [2.45, 2.75) is 45.7 Å². The van der Waals surface area contributed by atoms with E-state index in [0.29, 0.717) is 6.04 Å². The Kier molecular flexibility index (Phi) is 8.28. The van der Waals surface area contributed by atoms with Crippen molar-refractivity contribution in [1.29, 1.82) is 0 Å². The molecular weight excluding hydrogens is 314 g/mol. The third kappa shape index (κ3) is 6.04. The predicted octanol–water partition coefficient (Wildman–Crippen LogP) is 2.31. The largest absolute Gasteiger partial charge is 0.468 e. The minimum atomic E-state index is 0.263. The van der Waals surface area contributed by atoms with Crippen molar-refractivity contribution in [3.8, 4) is 0 Å². The lowest BCUT2D eigenvalue weighted by molar-refractivity contribution is 0.215. The highest BCUT2D eigenvalue weighted by Crippen LogP contribution is 2.24. The van der Waals surface area contributed by atoms with Gasteiger partial charge in [0, 0.05) is 32.7 Å². The van der Waals surface area contributed by atoms with E-state index in [2.05, 4.69) is 52.3 Å². The standard InChI is InChI=1S/C19H35N5O/c1-5-23(16(2)3)13-10-21-19(20-4)22-15-17(18-9-8-14-25-18)24-11-6-7-12-24/h8-9,14,16-17H,5-7,10-13,15H2,1-4H3,(H2,20,21,22). The molecule has 1 atom stereocenters. The molecule has 1 fully saturated rings. The van der Waals surface area contributed by atoms with Crippen molar-refractivity contribution in [1.82, 2.24) is 20.4 Å². The molecule has 2 rings (SSSR count). The van der Waals surface area contributed by atoms with E-state index in [1.807, 2.05) is 13.1 Å². The molecule has 0 aromatic carbocycles. The van der Waals surface area contributed by atoms with Gasteiger partial charge in [-0.15, -0.1) is 0 Å². The molecule has 0 amide bonds. The molecule has 142 valence electrons. The molecule has 6 nitrogen and oxygen atoms in total. The maximum absolute atomic E-state index is 5.68. The Hall–Kier alpha value is -1.53. The molecule has 25 heavy (non-hydrogen) atoms. The molecular formula is C19H35N5O. The summed E-state index contributed by atoms with van der Waals surface area (Å²) in [6.07, 6.45) is 4.30. The minimum Gasteiger partial charge on any atom is -0.468 e. The van der Waals surface area contributed by atoms with Gasteiger partial charge in [-0.3, -0.25) is 14.8 Å². The number of hydrogen-bond acceptors (Lipinski definition) is 4. The van der Waals surface area contributed by atoms with Crippen LogP contribution in [0.25, 0.3) is 0 Å². The fourth-order valence-corrected chi connectivity index (χ4v) is 3.46. The quantitative estimate of drug-likeness (QED) is 0.529. The van der Waals surface area contributed by atoms with Gasteiger partial charge in [-0.2, -0.15) is 0 Å². The van der Waals surface area contributed by atoms with E-state index in [-0.39, 0.29) is 6.04 Å². The van der Waals surface area contributed by atoms with Gasteiger partial charge in [0.1, 0.15) is 5.76 Å². The summed E-state index contributed by atoms with van der Waals surface area (Å²) in [7, 11) is 1.83. The molecule has 1 aromatic heterocycles. The summed E-state index contributed by atoms with van der Waals surface area (Å²) < 4.78 is 5.68. The molecule has 2 N–H and O–H groups in total. The SMILES string of the molecule is CCN(CCNC(=NC)NCC(c1ccco1)N1CCCC1)C(C)C. The van der Waals surface area contributed by atoms with Crippen LogP contribution in [0.5, 0.6) is 0 Å². The van der Waals surface area contributed by atoms with E-state index in [1.54, 1.807) is 6.26 Å². The number of rotatable bonds is 9. The fourth-order valence-electron chi connectivity index (χ4n) is 3.46. The Morgan fingerprint density at radius 2 is 2.08 bits per heavy atom. The van der Waals surface area contributed by atoms with Crippen LogP contribution in [0.15, 0.2) is 27.8 Å². The van der Waals surface area contributed by atoms with Gasteiger partial charge in [-0.25, -0.2) is 0 Å². The molecule has 0 aliphatic carbocycles. The van der Waals surface area contributed by atoms with E-state index >= 15 is 0 Å². The van der Waals surface area contributed by atoms with Gasteiger partial charge in [0.05, 0.1) is 12.3 Å². The van der Waals surface area contributed by atoms with Gasteiger partial charge >= 0.3 is 0 Å². The normalized spacial score (nSPS) is 17.4. The second kappa shape index (κ2) is 10.5. The lowest BCUT2D eigenvalue weighted by Gasteiger charge is -2.27. The van der Waals surface area contributed by atoms with Crippen LogP contribution in [0.3, 0.4) is 0 Å². The van der Waals surface area contributed by atoms with Crippen LogP contribution in [-0.2, 0) is 0 Å². The molecule has 1 saturated heterocycles. The number of nitrogens with zero attached hydrogens (tertiary/aromatic N) is 3. The molecule has 0 radical (unpaired) electrons. The Balaban J connectivity index is 1.83. The first-order valence-electron chi connectivity index (χ1n) is 9.61. The molecule has 0 bridgehead atoms. The van der Waals surface area contributed by atoms with Crippen molar-refractivity contribution in [3.63, 3.8) is 0 Å². The summed E-state index contributed by atoms with van der Waals surface area (Å²) in [5.41, 5.74) is 0. The number of furan rings is 1. The maximum Gasteiger partial charge on any atom is 0.191 e. The van der Waals surface area contributed by atoms with E-state index in [0.717, 1.165) is 51.0 Å². The predicted molar refractivity (Wildman–Crippen MR) is 104 cm³/mol. The van der Waals surface area contributed by atoms with Gasteiger partial charge in [-0.05, 0) is 58.5 Å². The van der Waals surface area contributed by atoms with Gasteiger partial charge < -0.3 is 15.1 Å². The van der Waals surface area contributed by atoms with Crippen molar-refractivity contribution in [3.05, 3.63) is 24.2 Å². The number of likely N-dealkylation sites (N-methyl/N-ethyl adjacent to an activating group) is 1. The summed E-state index contributed by atoms with van der Waals surface area (Å²) in [5.74, 6) is 1.89. The van der Waals surface area contributed by atoms with Gasteiger partial charge in [-0.1, -0.05) is 6.92 Å². The minimum absolute atomic E-state index is 0.263. The number of likely N-dealkylation sites (tertiary alicyclic amines) is 1. The second-order valence-electron chi connectivity index (χ2n) is 6.88. The van der Waals surface area contributed by atoms with Gasteiger partial charge in [0.2, 0.25) is 0 Å². The van der Waals surface area contributed by atoms with Crippen molar-refractivity contribution >= 4 is 5.96 Å². The first-order valence-corrected chi connectivity index (χ1v) is 9.61. The average Bonchev–Trinajstić information content (AvgIpc) is 3.30. The van der Waals surface area contributed by atoms with Crippen LogP contribution in [0, 0.1) is 0 Å². The Morgan fingerprint density at radius 1 is 1.32 bits per heavy atom. The Morgan fingerprint density at radius 3 is 2.64 bits per heavy atom. The van der Waals surface area contributed by atoms with E-state index in [9.17, 15) is 0 Å². The zero-order valence-electron chi connectivity index (χ0n) is 16.3. The molecule has 0 spiro atoms. The third-order valence-corrected chi connectivity index (χ3v) is 4.97. The Labute approximate surface area is 152 Å². The highest BCUT2D eigenvalue weighted by atomic mass is 16.3. The van der Waals surface area contributed by atoms with Crippen molar-refractivity contribution < 1.29 is 4.42 Å². The summed E-state index contributed by atoms with van der Waals surface area (Å²) in [6, 6.07) is 4.87. The second-order valence-corrected chi connectivity index (χ2v) is 6.88. The van der Waals surface area contributed by atoms with Crippen molar-refractivity contribution in [2.24, 2.45) is 4.99 Å². The van der Waals surface area contributed by atoms with Crippen LogP contribution in [0.2, 0.25) is 0 Å². The lowest BCUT2D eigenvalue weighted by atomic mass is 10.2. The number of hydrogen-bond donors (Lipinski definition) is 2. The first-order chi connectivity index (χ1) is 12.2. The summed E-state index contributed by atoms with van der Waals surface area (Å²) >= 11 is 0. The molecule has 1 unspecified atom stereocenters. The van der Waals surface area contributed by atoms with Crippen LogP contribution in [0.4, 0.5) is 0 Å². The third-order valence-electron chi connectivity index (χ3n) is 4.97. The highest BCUT2D eigenvalue weighted by Gasteiger charge is 2.25. The van der Waals surface area contributed by atoms with Crippen LogP contribution >= 0.6 is 0 Å². The fraction of sp³-hybridized carbons (Fsp3) is 0.737. The van der Waals surface area contributed by atoms with Crippen molar-refractivity contribution in [2.75, 3.05) is 46.3 Å². The van der Waals surface area contributed by atoms with Gasteiger partial charge in [0.25, 0.3) is 0 Å². The molecule has 6 heteroatoms.